The van der Waals surface area contributed by atoms with Crippen molar-refractivity contribution in [2.24, 2.45) is 0 Å². The van der Waals surface area contributed by atoms with E-state index in [1.165, 1.54) is 12.2 Å². The van der Waals surface area contributed by atoms with Gasteiger partial charge >= 0.3 is 0 Å². The van der Waals surface area contributed by atoms with Crippen LogP contribution in [0.1, 0.15) is 22.8 Å². The molecule has 1 amide bonds. The summed E-state index contributed by atoms with van der Waals surface area (Å²) in [6, 6.07) is 13.0. The zero-order chi connectivity index (χ0) is 15.1. The van der Waals surface area contributed by atoms with E-state index in [4.69, 9.17) is 9.57 Å². The van der Waals surface area contributed by atoms with E-state index in [0.29, 0.717) is 24.6 Å². The molecule has 110 valence electrons. The smallest absolute Gasteiger partial charge is 0.277 e. The molecule has 0 fully saturated rings. The highest BCUT2D eigenvalue weighted by Gasteiger charge is 2.14. The number of hydrogen-bond donors (Lipinski definition) is 0. The van der Waals surface area contributed by atoms with Crippen molar-refractivity contribution >= 4 is 5.91 Å². The van der Waals surface area contributed by atoms with Gasteiger partial charge in [-0.05, 0) is 18.6 Å². The molecule has 0 aliphatic rings. The summed E-state index contributed by atoms with van der Waals surface area (Å²) in [4.78, 5) is 21.3. The molecule has 2 rings (SSSR count). The van der Waals surface area contributed by atoms with E-state index in [9.17, 15) is 4.79 Å². The Morgan fingerprint density at radius 3 is 2.67 bits per heavy atom. The van der Waals surface area contributed by atoms with Crippen LogP contribution in [0.25, 0.3) is 0 Å². The van der Waals surface area contributed by atoms with Crippen LogP contribution in [-0.4, -0.2) is 29.6 Å². The molecule has 1 aromatic carbocycles. The van der Waals surface area contributed by atoms with Crippen LogP contribution in [-0.2, 0) is 11.4 Å². The summed E-state index contributed by atoms with van der Waals surface area (Å²) in [6.07, 6.45) is 1.55. The van der Waals surface area contributed by atoms with E-state index in [-0.39, 0.29) is 5.91 Å². The number of hydroxylamine groups is 2. The Balaban J connectivity index is 2.05. The Bertz CT molecular complexity index is 583. The van der Waals surface area contributed by atoms with Crippen LogP contribution in [0.3, 0.4) is 0 Å². The summed E-state index contributed by atoms with van der Waals surface area (Å²) in [5.74, 6) is 0.198. The van der Waals surface area contributed by atoms with Crippen LogP contribution < -0.4 is 4.74 Å². The predicted molar refractivity (Wildman–Crippen MR) is 78.7 cm³/mol. The molecule has 0 bridgehead atoms. The molecule has 0 radical (unpaired) electrons. The number of hydrogen-bond acceptors (Lipinski definition) is 4. The Morgan fingerprint density at radius 2 is 2.00 bits per heavy atom. The van der Waals surface area contributed by atoms with Gasteiger partial charge in [0.25, 0.3) is 5.91 Å². The van der Waals surface area contributed by atoms with Gasteiger partial charge in [0.2, 0.25) is 5.88 Å². The van der Waals surface area contributed by atoms with E-state index >= 15 is 0 Å². The van der Waals surface area contributed by atoms with Gasteiger partial charge in [0.05, 0.1) is 7.11 Å². The van der Waals surface area contributed by atoms with Crippen molar-refractivity contribution in [2.45, 2.75) is 13.5 Å². The lowest BCUT2D eigenvalue weighted by molar-refractivity contribution is -0.0915. The molecular weight excluding hydrogens is 268 g/mol. The molecule has 0 aliphatic carbocycles. The highest BCUT2D eigenvalue weighted by Crippen LogP contribution is 2.13. The van der Waals surface area contributed by atoms with E-state index in [1.54, 1.807) is 18.3 Å². The minimum Gasteiger partial charge on any atom is -0.473 e. The van der Waals surface area contributed by atoms with Crippen molar-refractivity contribution in [3.05, 3.63) is 59.8 Å². The lowest BCUT2D eigenvalue weighted by Crippen LogP contribution is -2.29. The number of nitrogens with zero attached hydrogens (tertiary/aromatic N) is 2. The number of benzene rings is 1. The number of amides is 1. The maximum absolute atomic E-state index is 12.2. The largest absolute Gasteiger partial charge is 0.473 e. The number of pyridine rings is 1. The van der Waals surface area contributed by atoms with Gasteiger partial charge in [-0.2, -0.15) is 0 Å². The quantitative estimate of drug-likeness (QED) is 0.766. The van der Waals surface area contributed by atoms with E-state index in [1.807, 2.05) is 37.3 Å². The highest BCUT2D eigenvalue weighted by molar-refractivity contribution is 5.93. The van der Waals surface area contributed by atoms with Crippen molar-refractivity contribution in [1.29, 1.82) is 0 Å². The van der Waals surface area contributed by atoms with Gasteiger partial charge in [-0.3, -0.25) is 9.63 Å². The second-order valence-electron chi connectivity index (χ2n) is 4.34. The van der Waals surface area contributed by atoms with Crippen molar-refractivity contribution in [3.63, 3.8) is 0 Å². The molecule has 1 aromatic heterocycles. The van der Waals surface area contributed by atoms with Gasteiger partial charge in [0, 0.05) is 24.4 Å². The molecule has 2 aromatic rings. The minimum absolute atomic E-state index is 0.216. The fourth-order valence-corrected chi connectivity index (χ4v) is 1.85. The third-order valence-electron chi connectivity index (χ3n) is 2.95. The number of carbonyl (C=O) groups is 1. The molecule has 5 nitrogen and oxygen atoms in total. The van der Waals surface area contributed by atoms with Crippen LogP contribution in [0, 0.1) is 0 Å². The molecule has 5 heteroatoms. The van der Waals surface area contributed by atoms with Gasteiger partial charge in [0.1, 0.15) is 6.61 Å². The van der Waals surface area contributed by atoms with Crippen LogP contribution in [0.4, 0.5) is 0 Å². The average molecular weight is 286 g/mol. The molecule has 0 aliphatic heterocycles. The summed E-state index contributed by atoms with van der Waals surface area (Å²) in [5.41, 5.74) is 1.53. The Kier molecular flexibility index (Phi) is 5.29. The van der Waals surface area contributed by atoms with Crippen LogP contribution in [0.5, 0.6) is 5.88 Å². The second-order valence-corrected chi connectivity index (χ2v) is 4.34. The first-order chi connectivity index (χ1) is 10.2. The molecule has 0 unspecified atom stereocenters. The zero-order valence-electron chi connectivity index (χ0n) is 12.2. The molecule has 21 heavy (non-hydrogen) atoms. The molecule has 0 saturated heterocycles. The molecular formula is C16H18N2O3. The standard InChI is InChI=1S/C16H18N2O3/c1-3-18(20-2)16(19)14-9-10-17-15(11-14)21-12-13-7-5-4-6-8-13/h4-11H,3,12H2,1-2H3. The fourth-order valence-electron chi connectivity index (χ4n) is 1.85. The first-order valence-corrected chi connectivity index (χ1v) is 6.73. The van der Waals surface area contributed by atoms with Gasteiger partial charge in [-0.25, -0.2) is 10.0 Å². The minimum atomic E-state index is -0.216. The number of ether oxygens (including phenoxy) is 1. The fraction of sp³-hybridized carbons (Fsp3) is 0.250. The van der Waals surface area contributed by atoms with E-state index in [2.05, 4.69) is 4.98 Å². The molecule has 0 saturated carbocycles. The van der Waals surface area contributed by atoms with Gasteiger partial charge in [-0.1, -0.05) is 30.3 Å². The third-order valence-corrected chi connectivity index (χ3v) is 2.95. The summed E-state index contributed by atoms with van der Waals surface area (Å²) in [6.45, 7) is 2.72. The van der Waals surface area contributed by atoms with Crippen LogP contribution in [0.15, 0.2) is 48.7 Å². The van der Waals surface area contributed by atoms with Crippen molar-refractivity contribution in [1.82, 2.24) is 10.0 Å². The van der Waals surface area contributed by atoms with Crippen LogP contribution >= 0.6 is 0 Å². The first kappa shape index (κ1) is 15.0. The Morgan fingerprint density at radius 1 is 1.24 bits per heavy atom. The van der Waals surface area contributed by atoms with Gasteiger partial charge in [-0.15, -0.1) is 0 Å². The van der Waals surface area contributed by atoms with Crippen LogP contribution in [0.2, 0.25) is 0 Å². The molecule has 0 N–H and O–H groups in total. The van der Waals surface area contributed by atoms with E-state index in [0.717, 1.165) is 5.56 Å². The lowest BCUT2D eigenvalue weighted by Gasteiger charge is -2.17. The molecule has 1 heterocycles. The maximum Gasteiger partial charge on any atom is 0.277 e. The SMILES string of the molecule is CCN(OC)C(=O)c1ccnc(OCc2ccccc2)c1. The monoisotopic (exact) mass is 286 g/mol. The Labute approximate surface area is 124 Å². The maximum atomic E-state index is 12.2. The lowest BCUT2D eigenvalue weighted by atomic mass is 10.2. The molecule has 0 spiro atoms. The van der Waals surface area contributed by atoms with Gasteiger partial charge < -0.3 is 4.74 Å². The predicted octanol–water partition coefficient (Wildman–Crippen LogP) is 2.68. The topological polar surface area (TPSA) is 51.7 Å². The Hall–Kier alpha value is -2.40. The summed E-state index contributed by atoms with van der Waals surface area (Å²) in [7, 11) is 1.47. The molecule has 0 atom stereocenters. The summed E-state index contributed by atoms with van der Waals surface area (Å²) >= 11 is 0. The van der Waals surface area contributed by atoms with Gasteiger partial charge in [0.15, 0.2) is 0 Å². The number of rotatable bonds is 6. The van der Waals surface area contributed by atoms with E-state index < -0.39 is 0 Å². The van der Waals surface area contributed by atoms with Crippen molar-refractivity contribution < 1.29 is 14.4 Å². The number of carbonyl (C=O) groups excluding carboxylic acids is 1. The average Bonchev–Trinajstić information content (AvgIpc) is 2.55. The normalized spacial score (nSPS) is 10.2. The third kappa shape index (κ3) is 4.03. The summed E-state index contributed by atoms with van der Waals surface area (Å²) in [5, 5.41) is 1.27. The summed E-state index contributed by atoms with van der Waals surface area (Å²) < 4.78 is 5.61. The first-order valence-electron chi connectivity index (χ1n) is 6.73. The number of aromatic nitrogens is 1. The highest BCUT2D eigenvalue weighted by atomic mass is 16.7. The zero-order valence-corrected chi connectivity index (χ0v) is 12.2. The van der Waals surface area contributed by atoms with Crippen molar-refractivity contribution in [2.75, 3.05) is 13.7 Å². The second kappa shape index (κ2) is 7.40. The van der Waals surface area contributed by atoms with Crippen molar-refractivity contribution in [3.8, 4) is 5.88 Å².